The number of hydrogen-bond acceptors (Lipinski definition) is 4. The fourth-order valence-corrected chi connectivity index (χ4v) is 1.91. The molecule has 0 aliphatic heterocycles. The van der Waals surface area contributed by atoms with Crippen molar-refractivity contribution < 1.29 is 14.3 Å². The maximum atomic E-state index is 11.9. The Hall–Kier alpha value is -1.75. The fraction of sp³-hybridized carbons (Fsp3) is 0.533. The van der Waals surface area contributed by atoms with E-state index in [1.807, 2.05) is 0 Å². The van der Waals surface area contributed by atoms with Crippen LogP contribution < -0.4 is 14.8 Å². The SMILES string of the molecule is CCN(CC)CCC(=O)Nc1ccc(OC)cc1OC. The second-order valence-corrected chi connectivity index (χ2v) is 4.39. The van der Waals surface area contributed by atoms with Crippen LogP contribution in [0.25, 0.3) is 0 Å². The van der Waals surface area contributed by atoms with Crippen LogP contribution in [0.2, 0.25) is 0 Å². The summed E-state index contributed by atoms with van der Waals surface area (Å²) in [6, 6.07) is 5.33. The van der Waals surface area contributed by atoms with Crippen LogP contribution in [-0.4, -0.2) is 44.7 Å². The molecule has 0 spiro atoms. The van der Waals surface area contributed by atoms with Gasteiger partial charge in [0.25, 0.3) is 0 Å². The van der Waals surface area contributed by atoms with Crippen LogP contribution >= 0.6 is 0 Å². The summed E-state index contributed by atoms with van der Waals surface area (Å²) in [4.78, 5) is 14.2. The summed E-state index contributed by atoms with van der Waals surface area (Å²) >= 11 is 0. The number of hydrogen-bond donors (Lipinski definition) is 1. The average molecular weight is 280 g/mol. The van der Waals surface area contributed by atoms with Crippen molar-refractivity contribution in [3.05, 3.63) is 18.2 Å². The third kappa shape index (κ3) is 4.74. The summed E-state index contributed by atoms with van der Waals surface area (Å²) in [7, 11) is 3.16. The second-order valence-electron chi connectivity index (χ2n) is 4.39. The minimum Gasteiger partial charge on any atom is -0.497 e. The van der Waals surface area contributed by atoms with Crippen molar-refractivity contribution in [2.24, 2.45) is 0 Å². The third-order valence-electron chi connectivity index (χ3n) is 3.23. The average Bonchev–Trinajstić information content (AvgIpc) is 2.48. The number of amides is 1. The number of nitrogens with zero attached hydrogens (tertiary/aromatic N) is 1. The molecule has 5 nitrogen and oxygen atoms in total. The number of ether oxygens (including phenoxy) is 2. The Morgan fingerprint density at radius 2 is 1.90 bits per heavy atom. The zero-order valence-corrected chi connectivity index (χ0v) is 12.7. The summed E-state index contributed by atoms with van der Waals surface area (Å²) in [6.45, 7) is 6.85. The van der Waals surface area contributed by atoms with Crippen molar-refractivity contribution in [2.45, 2.75) is 20.3 Å². The Morgan fingerprint density at radius 1 is 1.20 bits per heavy atom. The zero-order chi connectivity index (χ0) is 15.0. The monoisotopic (exact) mass is 280 g/mol. The number of methoxy groups -OCH3 is 2. The fourth-order valence-electron chi connectivity index (χ4n) is 1.91. The lowest BCUT2D eigenvalue weighted by atomic mass is 10.2. The number of benzene rings is 1. The van der Waals surface area contributed by atoms with Gasteiger partial charge in [-0.25, -0.2) is 0 Å². The molecule has 0 aliphatic carbocycles. The first-order valence-corrected chi connectivity index (χ1v) is 6.88. The van der Waals surface area contributed by atoms with E-state index >= 15 is 0 Å². The van der Waals surface area contributed by atoms with Crippen molar-refractivity contribution in [1.29, 1.82) is 0 Å². The van der Waals surface area contributed by atoms with Gasteiger partial charge < -0.3 is 19.7 Å². The minimum absolute atomic E-state index is 0.0135. The zero-order valence-electron chi connectivity index (χ0n) is 12.7. The Bertz CT molecular complexity index is 431. The smallest absolute Gasteiger partial charge is 0.225 e. The standard InChI is InChI=1S/C15H24N2O3/c1-5-17(6-2)10-9-15(18)16-13-8-7-12(19-3)11-14(13)20-4/h7-8,11H,5-6,9-10H2,1-4H3,(H,16,18). The molecule has 0 unspecified atom stereocenters. The van der Waals surface area contributed by atoms with Gasteiger partial charge in [-0.1, -0.05) is 13.8 Å². The van der Waals surface area contributed by atoms with Gasteiger partial charge in [-0.3, -0.25) is 4.79 Å². The predicted octanol–water partition coefficient (Wildman–Crippen LogP) is 2.37. The van der Waals surface area contributed by atoms with E-state index in [-0.39, 0.29) is 5.91 Å². The van der Waals surface area contributed by atoms with E-state index in [1.165, 1.54) is 0 Å². The number of carbonyl (C=O) groups excluding carboxylic acids is 1. The van der Waals surface area contributed by atoms with Gasteiger partial charge in [-0.15, -0.1) is 0 Å². The van der Waals surface area contributed by atoms with Crippen molar-refractivity contribution in [3.8, 4) is 11.5 Å². The maximum absolute atomic E-state index is 11.9. The molecule has 1 amide bonds. The summed E-state index contributed by atoms with van der Waals surface area (Å²) in [5.74, 6) is 1.28. The van der Waals surface area contributed by atoms with Crippen molar-refractivity contribution in [3.63, 3.8) is 0 Å². The number of carbonyl (C=O) groups is 1. The van der Waals surface area contributed by atoms with Crippen molar-refractivity contribution >= 4 is 11.6 Å². The van der Waals surface area contributed by atoms with Crippen LogP contribution in [0.1, 0.15) is 20.3 Å². The highest BCUT2D eigenvalue weighted by Crippen LogP contribution is 2.29. The van der Waals surface area contributed by atoms with Crippen LogP contribution in [0.5, 0.6) is 11.5 Å². The van der Waals surface area contributed by atoms with E-state index in [0.29, 0.717) is 23.6 Å². The number of nitrogens with one attached hydrogen (secondary N) is 1. The summed E-state index contributed by atoms with van der Waals surface area (Å²) in [5.41, 5.74) is 0.665. The van der Waals surface area contributed by atoms with Gasteiger partial charge in [0.05, 0.1) is 19.9 Å². The van der Waals surface area contributed by atoms with E-state index in [2.05, 4.69) is 24.1 Å². The Labute approximate surface area is 120 Å². The lowest BCUT2D eigenvalue weighted by Gasteiger charge is -2.17. The van der Waals surface area contributed by atoms with Gasteiger partial charge in [0.1, 0.15) is 11.5 Å². The molecule has 1 aromatic carbocycles. The first-order valence-electron chi connectivity index (χ1n) is 6.88. The van der Waals surface area contributed by atoms with Crippen LogP contribution in [0.15, 0.2) is 18.2 Å². The van der Waals surface area contributed by atoms with Gasteiger partial charge >= 0.3 is 0 Å². The molecule has 1 aromatic rings. The molecule has 0 radical (unpaired) electrons. The molecule has 0 fully saturated rings. The molecule has 112 valence electrons. The number of anilines is 1. The summed E-state index contributed by atoms with van der Waals surface area (Å²) in [5, 5.41) is 2.87. The molecular weight excluding hydrogens is 256 g/mol. The first kappa shape index (κ1) is 16.3. The van der Waals surface area contributed by atoms with Crippen molar-refractivity contribution in [2.75, 3.05) is 39.2 Å². The molecule has 0 aliphatic rings. The molecule has 1 rings (SSSR count). The maximum Gasteiger partial charge on any atom is 0.225 e. The van der Waals surface area contributed by atoms with E-state index in [9.17, 15) is 4.79 Å². The Kier molecular flexibility index (Phi) is 6.87. The highest BCUT2D eigenvalue weighted by molar-refractivity contribution is 5.92. The van der Waals surface area contributed by atoms with Crippen LogP contribution in [0.3, 0.4) is 0 Å². The highest BCUT2D eigenvalue weighted by Gasteiger charge is 2.10. The van der Waals surface area contributed by atoms with E-state index in [0.717, 1.165) is 19.6 Å². The van der Waals surface area contributed by atoms with E-state index < -0.39 is 0 Å². The molecule has 0 saturated heterocycles. The predicted molar refractivity (Wildman–Crippen MR) is 80.6 cm³/mol. The summed E-state index contributed by atoms with van der Waals surface area (Å²) < 4.78 is 10.4. The normalized spacial score (nSPS) is 10.4. The van der Waals surface area contributed by atoms with Gasteiger partial charge in [-0.2, -0.15) is 0 Å². The van der Waals surface area contributed by atoms with Gasteiger partial charge in [-0.05, 0) is 25.2 Å². The van der Waals surface area contributed by atoms with Crippen molar-refractivity contribution in [1.82, 2.24) is 4.90 Å². The molecule has 20 heavy (non-hydrogen) atoms. The Morgan fingerprint density at radius 3 is 2.45 bits per heavy atom. The quantitative estimate of drug-likeness (QED) is 0.794. The third-order valence-corrected chi connectivity index (χ3v) is 3.23. The van der Waals surface area contributed by atoms with Crippen LogP contribution in [-0.2, 0) is 4.79 Å². The highest BCUT2D eigenvalue weighted by atomic mass is 16.5. The molecule has 0 atom stereocenters. The second kappa shape index (κ2) is 8.43. The lowest BCUT2D eigenvalue weighted by molar-refractivity contribution is -0.116. The van der Waals surface area contributed by atoms with Gasteiger partial charge in [0, 0.05) is 19.0 Å². The molecule has 1 N–H and O–H groups in total. The largest absolute Gasteiger partial charge is 0.497 e. The molecule has 0 heterocycles. The van der Waals surface area contributed by atoms with Crippen LogP contribution in [0.4, 0.5) is 5.69 Å². The molecule has 0 aromatic heterocycles. The van der Waals surface area contributed by atoms with E-state index in [4.69, 9.17) is 9.47 Å². The Balaban J connectivity index is 2.61. The topological polar surface area (TPSA) is 50.8 Å². The molecule has 0 saturated carbocycles. The minimum atomic E-state index is -0.0135. The molecular formula is C15H24N2O3. The van der Waals surface area contributed by atoms with Crippen LogP contribution in [0, 0.1) is 0 Å². The lowest BCUT2D eigenvalue weighted by Crippen LogP contribution is -2.27. The van der Waals surface area contributed by atoms with Gasteiger partial charge in [0.2, 0.25) is 5.91 Å². The number of rotatable bonds is 8. The summed E-state index contributed by atoms with van der Waals surface area (Å²) in [6.07, 6.45) is 0.469. The first-order chi connectivity index (χ1) is 9.64. The van der Waals surface area contributed by atoms with Gasteiger partial charge in [0.15, 0.2) is 0 Å². The molecule has 0 bridgehead atoms. The van der Waals surface area contributed by atoms with E-state index in [1.54, 1.807) is 32.4 Å². The molecule has 5 heteroatoms.